The summed E-state index contributed by atoms with van der Waals surface area (Å²) in [6.07, 6.45) is 4.20. The Hall–Kier alpha value is -3.54. The monoisotopic (exact) mass is 544 g/mol. The minimum absolute atomic E-state index is 0.0573. The van der Waals surface area contributed by atoms with Crippen molar-refractivity contribution >= 4 is 11.6 Å². The van der Waals surface area contributed by atoms with E-state index in [0.717, 1.165) is 29.8 Å². The van der Waals surface area contributed by atoms with Crippen LogP contribution in [0.5, 0.6) is 5.75 Å². The second-order valence-corrected chi connectivity index (χ2v) is 9.95. The van der Waals surface area contributed by atoms with E-state index in [9.17, 15) is 23.1 Å². The number of hydrogen-bond donors (Lipinski definition) is 3. The van der Waals surface area contributed by atoms with Crippen molar-refractivity contribution in [1.29, 1.82) is 0 Å². The van der Waals surface area contributed by atoms with Crippen LogP contribution in [0.15, 0.2) is 42.7 Å². The average Bonchev–Trinajstić information content (AvgIpc) is 2.88. The number of rotatable bonds is 8. The molecule has 1 saturated carbocycles. The summed E-state index contributed by atoms with van der Waals surface area (Å²) in [6.45, 7) is 3.92. The van der Waals surface area contributed by atoms with E-state index >= 15 is 0 Å². The third-order valence-electron chi connectivity index (χ3n) is 7.35. The summed E-state index contributed by atoms with van der Waals surface area (Å²) >= 11 is 0. The molecule has 3 aromatic rings. The highest BCUT2D eigenvalue weighted by atomic mass is 19.1. The van der Waals surface area contributed by atoms with Gasteiger partial charge < -0.3 is 25.6 Å². The summed E-state index contributed by atoms with van der Waals surface area (Å²) in [4.78, 5) is 21.2. The first-order valence-electron chi connectivity index (χ1n) is 12.5. The van der Waals surface area contributed by atoms with Crippen molar-refractivity contribution < 1.29 is 32.5 Å². The minimum atomic E-state index is -1.10. The van der Waals surface area contributed by atoms with Gasteiger partial charge in [-0.1, -0.05) is 6.92 Å². The summed E-state index contributed by atoms with van der Waals surface area (Å²) in [7, 11) is 1.46. The van der Waals surface area contributed by atoms with Crippen molar-refractivity contribution in [3.8, 4) is 17.0 Å². The standard InChI is InChI=1S/C28H31F3N4O4/c1-15-10-16(11-24(32)28(15,2)37)18-6-7-33-14-23(18)35-27(36)22-5-4-19(29)26(34-22)25-20(30)12-17(13-21(25)31)39-9-8-38-3/h4-7,12-16,24,37H,8-11,32H2,1-3H3,(H,35,36)/t15-,16+,24+,28+/m0/s1. The highest BCUT2D eigenvalue weighted by Gasteiger charge is 2.42. The van der Waals surface area contributed by atoms with Crippen LogP contribution in [0.3, 0.4) is 0 Å². The fourth-order valence-electron chi connectivity index (χ4n) is 4.82. The Morgan fingerprint density at radius 1 is 1.15 bits per heavy atom. The zero-order valence-electron chi connectivity index (χ0n) is 21.9. The molecular formula is C28H31F3N4O4. The van der Waals surface area contributed by atoms with Gasteiger partial charge in [0.25, 0.3) is 5.91 Å². The average molecular weight is 545 g/mol. The van der Waals surface area contributed by atoms with Crippen LogP contribution in [0.1, 0.15) is 48.7 Å². The Balaban J connectivity index is 1.59. The quantitative estimate of drug-likeness (QED) is 0.359. The molecule has 4 rings (SSSR count). The number of halogens is 3. The number of nitrogens with two attached hydrogens (primary N) is 1. The molecule has 1 amide bonds. The molecule has 1 aromatic carbocycles. The summed E-state index contributed by atoms with van der Waals surface area (Å²) in [5, 5.41) is 13.4. The topological polar surface area (TPSA) is 120 Å². The first-order valence-corrected chi connectivity index (χ1v) is 12.5. The van der Waals surface area contributed by atoms with Crippen molar-refractivity contribution in [2.75, 3.05) is 25.6 Å². The second kappa shape index (κ2) is 11.7. The molecule has 0 radical (unpaired) electrons. The molecule has 4 atom stereocenters. The second-order valence-electron chi connectivity index (χ2n) is 9.95. The molecule has 4 N–H and O–H groups in total. The molecule has 1 aliphatic carbocycles. The number of carbonyl (C=O) groups excluding carboxylic acids is 1. The van der Waals surface area contributed by atoms with Crippen LogP contribution < -0.4 is 15.8 Å². The van der Waals surface area contributed by atoms with Gasteiger partial charge in [-0.25, -0.2) is 18.2 Å². The van der Waals surface area contributed by atoms with Crippen molar-refractivity contribution in [3.63, 3.8) is 0 Å². The lowest BCUT2D eigenvalue weighted by molar-refractivity contribution is -0.0463. The number of aromatic nitrogens is 2. The normalized spacial score (nSPS) is 22.9. The number of ether oxygens (including phenoxy) is 2. The van der Waals surface area contributed by atoms with E-state index in [4.69, 9.17) is 15.2 Å². The molecular weight excluding hydrogens is 513 g/mol. The number of benzene rings is 1. The summed E-state index contributed by atoms with van der Waals surface area (Å²) in [5.41, 5.74) is 4.79. The lowest BCUT2D eigenvalue weighted by atomic mass is 9.68. The Morgan fingerprint density at radius 2 is 1.87 bits per heavy atom. The van der Waals surface area contributed by atoms with Crippen molar-refractivity contribution in [2.45, 2.75) is 44.2 Å². The van der Waals surface area contributed by atoms with Gasteiger partial charge in [0.1, 0.15) is 41.2 Å². The van der Waals surface area contributed by atoms with Gasteiger partial charge in [-0.15, -0.1) is 0 Å². The van der Waals surface area contributed by atoms with Gasteiger partial charge >= 0.3 is 0 Å². The van der Waals surface area contributed by atoms with E-state index in [1.54, 1.807) is 19.2 Å². The first kappa shape index (κ1) is 28.5. The molecule has 0 unspecified atom stereocenters. The number of pyridine rings is 2. The van der Waals surface area contributed by atoms with E-state index < -0.39 is 46.3 Å². The van der Waals surface area contributed by atoms with E-state index in [0.29, 0.717) is 18.5 Å². The fraction of sp³-hybridized carbons (Fsp3) is 0.393. The highest BCUT2D eigenvalue weighted by molar-refractivity contribution is 6.03. The van der Waals surface area contributed by atoms with Crippen LogP contribution in [-0.4, -0.2) is 52.9 Å². The molecule has 2 heterocycles. The van der Waals surface area contributed by atoms with Gasteiger partial charge in [0.2, 0.25) is 0 Å². The van der Waals surface area contributed by atoms with Crippen LogP contribution in [0.4, 0.5) is 18.9 Å². The lowest BCUT2D eigenvalue weighted by Gasteiger charge is -2.44. The Morgan fingerprint density at radius 3 is 2.54 bits per heavy atom. The summed E-state index contributed by atoms with van der Waals surface area (Å²) in [5.74, 6) is -4.16. The third kappa shape index (κ3) is 6.05. The number of nitrogens with zero attached hydrogens (tertiary/aromatic N) is 2. The van der Waals surface area contributed by atoms with Crippen LogP contribution >= 0.6 is 0 Å². The van der Waals surface area contributed by atoms with Gasteiger partial charge in [-0.05, 0) is 55.4 Å². The van der Waals surface area contributed by atoms with Crippen LogP contribution in [0.25, 0.3) is 11.3 Å². The van der Waals surface area contributed by atoms with Crippen molar-refractivity contribution in [3.05, 3.63) is 71.4 Å². The Kier molecular flexibility index (Phi) is 8.53. The van der Waals surface area contributed by atoms with Gasteiger partial charge in [0, 0.05) is 31.5 Å². The SMILES string of the molecule is COCCOc1cc(F)c(-c2nc(C(=O)Nc3cnccc3[C@H]3C[C@@H](N)[C@](C)(O)[C@@H](C)C3)ccc2F)c(F)c1. The fourth-order valence-corrected chi connectivity index (χ4v) is 4.82. The molecule has 2 aromatic heterocycles. The zero-order valence-corrected chi connectivity index (χ0v) is 21.9. The molecule has 0 saturated heterocycles. The van der Waals surface area contributed by atoms with Crippen molar-refractivity contribution in [1.82, 2.24) is 9.97 Å². The number of carbonyl (C=O) groups is 1. The molecule has 39 heavy (non-hydrogen) atoms. The maximum atomic E-state index is 14.8. The number of methoxy groups -OCH3 is 1. The smallest absolute Gasteiger partial charge is 0.274 e. The predicted molar refractivity (Wildman–Crippen MR) is 139 cm³/mol. The summed E-state index contributed by atoms with van der Waals surface area (Å²) < 4.78 is 54.4. The molecule has 11 heteroatoms. The summed E-state index contributed by atoms with van der Waals surface area (Å²) in [6, 6.07) is 5.18. The molecule has 0 bridgehead atoms. The first-order chi connectivity index (χ1) is 18.5. The minimum Gasteiger partial charge on any atom is -0.491 e. The largest absolute Gasteiger partial charge is 0.491 e. The number of anilines is 1. The highest BCUT2D eigenvalue weighted by Crippen LogP contribution is 2.43. The molecule has 1 aliphatic rings. The Bertz CT molecular complexity index is 1320. The maximum absolute atomic E-state index is 14.8. The van der Waals surface area contributed by atoms with E-state index in [-0.39, 0.29) is 36.5 Å². The lowest BCUT2D eigenvalue weighted by Crippen LogP contribution is -2.54. The number of aliphatic hydroxyl groups is 1. The van der Waals surface area contributed by atoms with Crippen LogP contribution in [-0.2, 0) is 4.74 Å². The predicted octanol–water partition coefficient (Wildman–Crippen LogP) is 4.43. The van der Waals surface area contributed by atoms with Gasteiger partial charge in [-0.2, -0.15) is 0 Å². The molecule has 8 nitrogen and oxygen atoms in total. The van der Waals surface area contributed by atoms with Crippen molar-refractivity contribution in [2.24, 2.45) is 11.7 Å². The van der Waals surface area contributed by atoms with Gasteiger partial charge in [0.15, 0.2) is 0 Å². The number of nitrogens with one attached hydrogen (secondary N) is 1. The molecule has 1 fully saturated rings. The van der Waals surface area contributed by atoms with E-state index in [1.807, 2.05) is 6.92 Å². The number of hydrogen-bond acceptors (Lipinski definition) is 7. The number of amides is 1. The zero-order chi connectivity index (χ0) is 28.3. The third-order valence-corrected chi connectivity index (χ3v) is 7.35. The Labute approximate surface area is 224 Å². The van der Waals surface area contributed by atoms with Gasteiger partial charge in [0.05, 0.1) is 29.7 Å². The van der Waals surface area contributed by atoms with E-state index in [2.05, 4.69) is 15.3 Å². The maximum Gasteiger partial charge on any atom is 0.274 e. The van der Waals surface area contributed by atoms with Crippen LogP contribution in [0, 0.1) is 23.4 Å². The van der Waals surface area contributed by atoms with Gasteiger partial charge in [-0.3, -0.25) is 9.78 Å². The van der Waals surface area contributed by atoms with Crippen LogP contribution in [0.2, 0.25) is 0 Å². The molecule has 0 aliphatic heterocycles. The molecule has 208 valence electrons. The van der Waals surface area contributed by atoms with E-state index in [1.165, 1.54) is 13.3 Å². The molecule has 0 spiro atoms.